The Morgan fingerprint density at radius 2 is 1.84 bits per heavy atom. The first-order chi connectivity index (χ1) is 11.7. The van der Waals surface area contributed by atoms with Crippen molar-refractivity contribution in [3.05, 3.63) is 58.6 Å². The lowest BCUT2D eigenvalue weighted by Crippen LogP contribution is -2.30. The lowest BCUT2D eigenvalue weighted by Gasteiger charge is -2.10. The number of aliphatic hydroxyl groups is 1. The van der Waals surface area contributed by atoms with Crippen molar-refractivity contribution >= 4 is 33.2 Å². The zero-order chi connectivity index (χ0) is 18.6. The second kappa shape index (κ2) is 7.97. The highest BCUT2D eigenvalue weighted by atomic mass is 35.5. The van der Waals surface area contributed by atoms with E-state index < -0.39 is 16.1 Å². The highest BCUT2D eigenvalue weighted by Gasteiger charge is 2.15. The third-order valence-electron chi connectivity index (χ3n) is 3.43. The van der Waals surface area contributed by atoms with Crippen LogP contribution in [0.1, 0.15) is 22.8 Å². The number of hydrogen-bond acceptors (Lipinski definition) is 4. The summed E-state index contributed by atoms with van der Waals surface area (Å²) in [6, 6.07) is 10.7. The first-order valence-corrected chi connectivity index (χ1v) is 9.40. The van der Waals surface area contributed by atoms with Crippen molar-refractivity contribution in [3.63, 3.8) is 0 Å². The molecule has 0 heterocycles. The number of carbonyl (C=O) groups excluding carboxylic acids is 1. The maximum absolute atomic E-state index is 12.2. The maximum Gasteiger partial charge on any atom is 0.255 e. The lowest BCUT2D eigenvalue weighted by molar-refractivity contribution is 0.102. The molecule has 0 aromatic heterocycles. The molecule has 0 fully saturated rings. The van der Waals surface area contributed by atoms with Crippen LogP contribution in [0.4, 0.5) is 5.69 Å². The molecule has 0 bridgehead atoms. The predicted octanol–water partition coefficient (Wildman–Crippen LogP) is 2.56. The van der Waals surface area contributed by atoms with Crippen LogP contribution in [-0.2, 0) is 10.0 Å². The Bertz CT molecular complexity index is 865. The van der Waals surface area contributed by atoms with Crippen LogP contribution in [0, 0.1) is 6.92 Å². The number of halogens is 1. The molecule has 134 valence electrons. The highest BCUT2D eigenvalue weighted by Crippen LogP contribution is 2.20. The second-order valence-electron chi connectivity index (χ2n) is 5.64. The SMILES string of the molecule is Cc1ccc(NC(=O)c2ccc(S(=O)(=O)NC[C@@H](C)O)cc2)cc1Cl. The van der Waals surface area contributed by atoms with E-state index >= 15 is 0 Å². The van der Waals surface area contributed by atoms with Crippen molar-refractivity contribution in [1.82, 2.24) is 4.72 Å². The number of sulfonamides is 1. The zero-order valence-corrected chi connectivity index (χ0v) is 15.4. The average Bonchev–Trinajstić information content (AvgIpc) is 2.56. The van der Waals surface area contributed by atoms with Gasteiger partial charge in [0, 0.05) is 22.8 Å². The molecule has 2 aromatic rings. The Balaban J connectivity index is 2.10. The van der Waals surface area contributed by atoms with E-state index in [-0.39, 0.29) is 17.3 Å². The van der Waals surface area contributed by atoms with Crippen LogP contribution in [0.15, 0.2) is 47.4 Å². The third-order valence-corrected chi connectivity index (χ3v) is 5.27. The van der Waals surface area contributed by atoms with Gasteiger partial charge in [-0.15, -0.1) is 0 Å². The molecule has 0 radical (unpaired) electrons. The summed E-state index contributed by atoms with van der Waals surface area (Å²) in [5.41, 5.74) is 1.76. The summed E-state index contributed by atoms with van der Waals surface area (Å²) in [7, 11) is -3.73. The summed E-state index contributed by atoms with van der Waals surface area (Å²) in [4.78, 5) is 12.3. The number of aryl methyl sites for hydroxylation is 1. The van der Waals surface area contributed by atoms with Gasteiger partial charge in [0.25, 0.3) is 5.91 Å². The minimum atomic E-state index is -3.73. The van der Waals surface area contributed by atoms with Gasteiger partial charge in [-0.05, 0) is 55.8 Å². The maximum atomic E-state index is 12.2. The molecule has 0 aliphatic rings. The largest absolute Gasteiger partial charge is 0.392 e. The second-order valence-corrected chi connectivity index (χ2v) is 7.82. The molecule has 2 aromatic carbocycles. The molecular weight excluding hydrogens is 364 g/mol. The van der Waals surface area contributed by atoms with Gasteiger partial charge >= 0.3 is 0 Å². The minimum absolute atomic E-state index is 0.0167. The average molecular weight is 383 g/mol. The smallest absolute Gasteiger partial charge is 0.255 e. The number of aliphatic hydroxyl groups excluding tert-OH is 1. The van der Waals surface area contributed by atoms with Crippen molar-refractivity contribution in [3.8, 4) is 0 Å². The van der Waals surface area contributed by atoms with Crippen molar-refractivity contribution < 1.29 is 18.3 Å². The molecule has 2 rings (SSSR count). The van der Waals surface area contributed by atoms with Gasteiger partial charge in [-0.2, -0.15) is 0 Å². The summed E-state index contributed by atoms with van der Waals surface area (Å²) < 4.78 is 26.4. The highest BCUT2D eigenvalue weighted by molar-refractivity contribution is 7.89. The molecule has 0 unspecified atom stereocenters. The lowest BCUT2D eigenvalue weighted by atomic mass is 10.2. The van der Waals surface area contributed by atoms with Gasteiger partial charge in [-0.1, -0.05) is 17.7 Å². The summed E-state index contributed by atoms with van der Waals surface area (Å²) in [6.07, 6.45) is -0.791. The van der Waals surface area contributed by atoms with Crippen LogP contribution in [0.2, 0.25) is 5.02 Å². The molecule has 3 N–H and O–H groups in total. The third kappa shape index (κ3) is 5.27. The molecule has 0 aliphatic heterocycles. The molecular formula is C17H19ClN2O4S. The van der Waals surface area contributed by atoms with E-state index in [0.717, 1.165) is 5.56 Å². The molecule has 1 atom stereocenters. The summed E-state index contributed by atoms with van der Waals surface area (Å²) in [5, 5.41) is 12.4. The number of rotatable bonds is 6. The number of benzene rings is 2. The fourth-order valence-corrected chi connectivity index (χ4v) is 3.28. The molecule has 0 aliphatic carbocycles. The van der Waals surface area contributed by atoms with E-state index in [1.54, 1.807) is 18.2 Å². The molecule has 0 spiro atoms. The standard InChI is InChI=1S/C17H19ClN2O4S/c1-11-3-6-14(9-16(11)18)20-17(22)13-4-7-15(8-5-13)25(23,24)19-10-12(2)21/h3-9,12,19,21H,10H2,1-2H3,(H,20,22)/t12-/m1/s1. The van der Waals surface area contributed by atoms with E-state index in [1.165, 1.54) is 31.2 Å². The van der Waals surface area contributed by atoms with Gasteiger partial charge in [-0.25, -0.2) is 13.1 Å². The van der Waals surface area contributed by atoms with E-state index in [1.807, 2.05) is 6.92 Å². The molecule has 0 saturated heterocycles. The van der Waals surface area contributed by atoms with Crippen molar-refractivity contribution in [2.24, 2.45) is 0 Å². The van der Waals surface area contributed by atoms with Crippen LogP contribution in [-0.4, -0.2) is 32.1 Å². The molecule has 1 amide bonds. The van der Waals surface area contributed by atoms with Gasteiger partial charge in [-0.3, -0.25) is 4.79 Å². The number of carbonyl (C=O) groups is 1. The van der Waals surface area contributed by atoms with Crippen LogP contribution in [0.5, 0.6) is 0 Å². The molecule has 0 saturated carbocycles. The fourth-order valence-electron chi connectivity index (χ4n) is 1.97. The topological polar surface area (TPSA) is 95.5 Å². The monoisotopic (exact) mass is 382 g/mol. The van der Waals surface area contributed by atoms with Crippen molar-refractivity contribution in [2.75, 3.05) is 11.9 Å². The van der Waals surface area contributed by atoms with Gasteiger partial charge in [0.05, 0.1) is 11.0 Å². The number of anilines is 1. The first kappa shape index (κ1) is 19.4. The van der Waals surface area contributed by atoms with Crippen LogP contribution >= 0.6 is 11.6 Å². The Labute approximate surface area is 151 Å². The van der Waals surface area contributed by atoms with Crippen molar-refractivity contribution in [1.29, 1.82) is 0 Å². The van der Waals surface area contributed by atoms with E-state index in [4.69, 9.17) is 16.7 Å². The normalized spacial score (nSPS) is 12.6. The van der Waals surface area contributed by atoms with E-state index in [0.29, 0.717) is 16.3 Å². The zero-order valence-electron chi connectivity index (χ0n) is 13.8. The number of hydrogen-bond donors (Lipinski definition) is 3. The van der Waals surface area contributed by atoms with Gasteiger partial charge in [0.1, 0.15) is 0 Å². The summed E-state index contributed by atoms with van der Waals surface area (Å²) in [5.74, 6) is -0.374. The van der Waals surface area contributed by atoms with Crippen molar-refractivity contribution in [2.45, 2.75) is 24.8 Å². The van der Waals surface area contributed by atoms with Gasteiger partial charge in [0.15, 0.2) is 0 Å². The quantitative estimate of drug-likeness (QED) is 0.715. The number of nitrogens with one attached hydrogen (secondary N) is 2. The molecule has 25 heavy (non-hydrogen) atoms. The van der Waals surface area contributed by atoms with E-state index in [2.05, 4.69) is 10.0 Å². The van der Waals surface area contributed by atoms with Crippen LogP contribution in [0.25, 0.3) is 0 Å². The Morgan fingerprint density at radius 3 is 2.40 bits per heavy atom. The Hall–Kier alpha value is -1.93. The summed E-state index contributed by atoms with van der Waals surface area (Å²) in [6.45, 7) is 3.25. The molecule has 6 nitrogen and oxygen atoms in total. The Morgan fingerprint density at radius 1 is 1.20 bits per heavy atom. The van der Waals surface area contributed by atoms with Crippen LogP contribution < -0.4 is 10.0 Å². The van der Waals surface area contributed by atoms with Gasteiger partial charge < -0.3 is 10.4 Å². The fraction of sp³-hybridized carbons (Fsp3) is 0.235. The van der Waals surface area contributed by atoms with Gasteiger partial charge in [0.2, 0.25) is 10.0 Å². The predicted molar refractivity (Wildman–Crippen MR) is 97.5 cm³/mol. The number of amides is 1. The first-order valence-electron chi connectivity index (χ1n) is 7.54. The molecule has 8 heteroatoms. The van der Waals surface area contributed by atoms with E-state index in [9.17, 15) is 13.2 Å². The summed E-state index contributed by atoms with van der Waals surface area (Å²) >= 11 is 6.02. The Kier molecular flexibility index (Phi) is 6.18. The van der Waals surface area contributed by atoms with Crippen LogP contribution in [0.3, 0.4) is 0 Å². The minimum Gasteiger partial charge on any atom is -0.392 e.